The maximum Gasteiger partial charge on any atom is 0.266 e. The van der Waals surface area contributed by atoms with Crippen LogP contribution in [-0.2, 0) is 20.9 Å². The number of aliphatic imine (C=N–C) groups is 1. The fourth-order valence-electron chi connectivity index (χ4n) is 4.59. The Bertz CT molecular complexity index is 1170. The van der Waals surface area contributed by atoms with Gasteiger partial charge in [0.2, 0.25) is 0 Å². The second-order valence-electron chi connectivity index (χ2n) is 10.7. The summed E-state index contributed by atoms with van der Waals surface area (Å²) in [4.78, 5) is 20.9. The highest BCUT2D eigenvalue weighted by atomic mass is 19.3. The fourth-order valence-corrected chi connectivity index (χ4v) is 4.59. The minimum atomic E-state index is -2.52. The highest BCUT2D eigenvalue weighted by molar-refractivity contribution is 5.78. The molecule has 4 rings (SSSR count). The molecule has 2 heterocycles. The first kappa shape index (κ1) is 32.4. The summed E-state index contributed by atoms with van der Waals surface area (Å²) in [5, 5.41) is 6.73. The van der Waals surface area contributed by atoms with Gasteiger partial charge in [-0.05, 0) is 70.2 Å². The maximum absolute atomic E-state index is 13.4. The molecule has 0 spiro atoms. The number of morpholine rings is 1. The van der Waals surface area contributed by atoms with Crippen molar-refractivity contribution in [3.05, 3.63) is 35.5 Å². The lowest BCUT2D eigenvalue weighted by molar-refractivity contribution is -0.115. The van der Waals surface area contributed by atoms with Crippen LogP contribution in [0, 0.1) is 0 Å². The van der Waals surface area contributed by atoms with E-state index in [0.29, 0.717) is 25.1 Å². The molecule has 2 aliphatic rings. The Morgan fingerprint density at radius 2 is 2.00 bits per heavy atom. The van der Waals surface area contributed by atoms with E-state index in [1.54, 1.807) is 6.21 Å². The van der Waals surface area contributed by atoms with Crippen molar-refractivity contribution >= 4 is 40.6 Å². The Morgan fingerprint density at radius 1 is 1.27 bits per heavy atom. The highest BCUT2D eigenvalue weighted by Crippen LogP contribution is 2.37. The third-order valence-corrected chi connectivity index (χ3v) is 7.15. The molecule has 41 heavy (non-hydrogen) atoms. The van der Waals surface area contributed by atoms with Crippen LogP contribution < -0.4 is 15.5 Å². The largest absolute Gasteiger partial charge is 0.386 e. The summed E-state index contributed by atoms with van der Waals surface area (Å²) in [7, 11) is 1.88. The molecular formula is C31H45F2N5O3. The van der Waals surface area contributed by atoms with Gasteiger partial charge in [0, 0.05) is 49.7 Å². The van der Waals surface area contributed by atoms with Gasteiger partial charge in [-0.2, -0.15) is 0 Å². The topological polar surface area (TPSA) is 88.1 Å². The maximum atomic E-state index is 13.4. The number of carbonyl (C=O) groups is 1. The van der Waals surface area contributed by atoms with Crippen LogP contribution in [0.25, 0.3) is 0 Å². The molecule has 2 N–H and O–H groups in total. The normalized spacial score (nSPS) is 18.1. The van der Waals surface area contributed by atoms with E-state index in [0.717, 1.165) is 53.3 Å². The summed E-state index contributed by atoms with van der Waals surface area (Å²) in [5.74, 6) is 1.09. The molecule has 2 atom stereocenters. The molecule has 0 bridgehead atoms. The molecule has 0 radical (unpaired) electrons. The Hall–Kier alpha value is -3.11. The van der Waals surface area contributed by atoms with Gasteiger partial charge >= 0.3 is 0 Å². The van der Waals surface area contributed by atoms with E-state index < -0.39 is 12.5 Å². The molecule has 0 amide bonds. The molecule has 1 aromatic carbocycles. The number of benzene rings is 1. The predicted molar refractivity (Wildman–Crippen MR) is 163 cm³/mol. The third-order valence-electron chi connectivity index (χ3n) is 7.15. The number of pyridine rings is 1. The third kappa shape index (κ3) is 9.46. The molecule has 2 fully saturated rings. The van der Waals surface area contributed by atoms with Gasteiger partial charge in [0.25, 0.3) is 6.43 Å². The minimum Gasteiger partial charge on any atom is -0.386 e. The zero-order chi connectivity index (χ0) is 29.9. The molecular weight excluding hydrogens is 528 g/mol. The number of ether oxygens (including phenoxy) is 2. The van der Waals surface area contributed by atoms with Crippen LogP contribution in [-0.4, -0.2) is 62.4 Å². The number of carbonyl (C=O) groups excluding carboxylic acids is 1. The first-order valence-electron chi connectivity index (χ1n) is 14.5. The average Bonchev–Trinajstić information content (AvgIpc) is 2.92. The van der Waals surface area contributed by atoms with E-state index in [1.807, 2.05) is 37.1 Å². The first-order chi connectivity index (χ1) is 19.6. The van der Waals surface area contributed by atoms with Crippen molar-refractivity contribution in [3.63, 3.8) is 0 Å². The van der Waals surface area contributed by atoms with Gasteiger partial charge in [-0.1, -0.05) is 13.8 Å². The Labute approximate surface area is 242 Å². The molecule has 1 aliphatic heterocycles. The summed E-state index contributed by atoms with van der Waals surface area (Å²) in [5.41, 5.74) is 5.36. The van der Waals surface area contributed by atoms with E-state index >= 15 is 0 Å². The van der Waals surface area contributed by atoms with E-state index in [9.17, 15) is 13.6 Å². The van der Waals surface area contributed by atoms with E-state index in [2.05, 4.69) is 35.5 Å². The van der Waals surface area contributed by atoms with Crippen LogP contribution in [0.1, 0.15) is 77.5 Å². The number of rotatable bonds is 11. The van der Waals surface area contributed by atoms with Gasteiger partial charge in [0.05, 0.1) is 30.7 Å². The van der Waals surface area contributed by atoms with Gasteiger partial charge in [-0.25, -0.2) is 13.8 Å². The standard InChI is InChI=1S/C28H39F2N5O2.C3H6O/c1-5-18(3)26-27(32-6-2)23(31-4)15-25(34-26)33-20-12-19(17-37-22-8-7-9-22)13-21(14-20)35-10-11-36-24(16-35)28(29)30;1-3(2)4/h6,12-15,18,22,24,28H,5,7-11,16-17H2,1-4H3,(H2,31,33,34);1-2H3. The van der Waals surface area contributed by atoms with Crippen LogP contribution in [0.4, 0.5) is 37.3 Å². The Morgan fingerprint density at radius 3 is 2.59 bits per heavy atom. The summed E-state index contributed by atoms with van der Waals surface area (Å²) in [6.45, 7) is 10.7. The molecule has 1 aliphatic carbocycles. The number of hydrogen-bond acceptors (Lipinski definition) is 8. The van der Waals surface area contributed by atoms with E-state index in [1.165, 1.54) is 20.3 Å². The molecule has 1 saturated heterocycles. The van der Waals surface area contributed by atoms with Crippen LogP contribution in [0.2, 0.25) is 0 Å². The van der Waals surface area contributed by atoms with Crippen molar-refractivity contribution in [2.24, 2.45) is 4.99 Å². The zero-order valence-corrected chi connectivity index (χ0v) is 25.2. The van der Waals surface area contributed by atoms with Crippen LogP contribution >= 0.6 is 0 Å². The smallest absolute Gasteiger partial charge is 0.266 e. The molecule has 1 aromatic heterocycles. The van der Waals surface area contributed by atoms with Crippen molar-refractivity contribution in [2.45, 2.75) is 91.5 Å². The number of aromatic nitrogens is 1. The summed E-state index contributed by atoms with van der Waals surface area (Å²) in [6, 6.07) is 8.03. The lowest BCUT2D eigenvalue weighted by atomic mass is 9.96. The quantitative estimate of drug-likeness (QED) is 0.274. The number of Topliss-reactive ketones (excluding diaryl/α,β-unsaturated/α-hetero) is 1. The van der Waals surface area contributed by atoms with Crippen molar-refractivity contribution < 1.29 is 23.0 Å². The molecule has 2 unspecified atom stereocenters. The van der Waals surface area contributed by atoms with E-state index in [4.69, 9.17) is 14.5 Å². The fraction of sp³-hybridized carbons (Fsp3) is 0.581. The van der Waals surface area contributed by atoms with E-state index in [-0.39, 0.29) is 24.9 Å². The lowest BCUT2D eigenvalue weighted by Gasteiger charge is -2.34. The number of halogens is 2. The van der Waals surface area contributed by atoms with Gasteiger partial charge in [-0.3, -0.25) is 4.99 Å². The van der Waals surface area contributed by atoms with Crippen LogP contribution in [0.15, 0.2) is 29.3 Å². The zero-order valence-electron chi connectivity index (χ0n) is 25.2. The van der Waals surface area contributed by atoms with Gasteiger partial charge in [0.15, 0.2) is 0 Å². The number of nitrogens with one attached hydrogen (secondary N) is 2. The predicted octanol–water partition coefficient (Wildman–Crippen LogP) is 7.24. The molecule has 1 saturated carbocycles. The summed E-state index contributed by atoms with van der Waals surface area (Å²) >= 11 is 0. The molecule has 8 nitrogen and oxygen atoms in total. The van der Waals surface area contributed by atoms with Crippen molar-refractivity contribution in [1.29, 1.82) is 0 Å². The van der Waals surface area contributed by atoms with Crippen molar-refractivity contribution in [3.8, 4) is 0 Å². The molecule has 10 heteroatoms. The minimum absolute atomic E-state index is 0.147. The van der Waals surface area contributed by atoms with Crippen LogP contribution in [0.5, 0.6) is 0 Å². The van der Waals surface area contributed by atoms with Gasteiger partial charge in [0.1, 0.15) is 23.4 Å². The number of hydrogen-bond donors (Lipinski definition) is 2. The van der Waals surface area contributed by atoms with Crippen molar-refractivity contribution in [2.75, 3.05) is 42.3 Å². The van der Waals surface area contributed by atoms with Crippen LogP contribution in [0.3, 0.4) is 0 Å². The molecule has 226 valence electrons. The first-order valence-corrected chi connectivity index (χ1v) is 14.5. The molecule has 2 aromatic rings. The number of ketones is 1. The Kier molecular flexibility index (Phi) is 12.5. The average molecular weight is 574 g/mol. The van der Waals surface area contributed by atoms with Gasteiger partial charge < -0.3 is 29.8 Å². The summed E-state index contributed by atoms with van der Waals surface area (Å²) < 4.78 is 38.2. The second kappa shape index (κ2) is 15.8. The second-order valence-corrected chi connectivity index (χ2v) is 10.7. The SMILES string of the molecule is CC(C)=O.CC=Nc1c(NC)cc(Nc2cc(COC3CCC3)cc(N3CCOC(C(F)F)C3)c2)nc1C(C)CC. The lowest BCUT2D eigenvalue weighted by Crippen LogP contribution is -2.45. The highest BCUT2D eigenvalue weighted by Gasteiger charge is 2.28. The number of nitrogens with zero attached hydrogens (tertiary/aromatic N) is 3. The van der Waals surface area contributed by atoms with Crippen molar-refractivity contribution in [1.82, 2.24) is 4.98 Å². The summed E-state index contributed by atoms with van der Waals surface area (Å²) in [6.07, 6.45) is 2.80. The Balaban J connectivity index is 0.00000108. The number of alkyl halides is 2. The van der Waals surface area contributed by atoms with Gasteiger partial charge in [-0.15, -0.1) is 0 Å². The number of anilines is 4. The monoisotopic (exact) mass is 573 g/mol.